The van der Waals surface area contributed by atoms with Crippen molar-refractivity contribution in [2.75, 3.05) is 45.9 Å². The maximum atomic E-state index is 12.8. The zero-order valence-electron chi connectivity index (χ0n) is 19.4. The summed E-state index contributed by atoms with van der Waals surface area (Å²) in [5, 5.41) is 0. The minimum Gasteiger partial charge on any atom is -0.484 e. The molecule has 1 unspecified atom stereocenters. The summed E-state index contributed by atoms with van der Waals surface area (Å²) in [5.41, 5.74) is 1.32. The molecule has 0 aliphatic carbocycles. The van der Waals surface area contributed by atoms with Gasteiger partial charge in [-0.2, -0.15) is 0 Å². The molecule has 2 heterocycles. The van der Waals surface area contributed by atoms with Crippen LogP contribution in [0.1, 0.15) is 31.2 Å². The van der Waals surface area contributed by atoms with Crippen LogP contribution in [0.5, 0.6) is 5.75 Å². The van der Waals surface area contributed by atoms with E-state index in [0.717, 1.165) is 65.1 Å². The second kappa shape index (κ2) is 11.8. The molecule has 2 saturated heterocycles. The van der Waals surface area contributed by atoms with E-state index in [1.165, 1.54) is 5.56 Å². The molecule has 33 heavy (non-hydrogen) atoms. The number of nitrogens with zero attached hydrogens (tertiary/aromatic N) is 3. The van der Waals surface area contributed by atoms with E-state index in [4.69, 9.17) is 4.74 Å². The highest BCUT2D eigenvalue weighted by atomic mass is 16.5. The minimum atomic E-state index is 0.0319. The van der Waals surface area contributed by atoms with E-state index in [1.54, 1.807) is 0 Å². The van der Waals surface area contributed by atoms with Gasteiger partial charge in [0.05, 0.1) is 0 Å². The van der Waals surface area contributed by atoms with Crippen LogP contribution in [0.4, 0.5) is 0 Å². The fourth-order valence-electron chi connectivity index (χ4n) is 4.76. The van der Waals surface area contributed by atoms with E-state index in [1.807, 2.05) is 46.2 Å². The number of likely N-dealkylation sites (tertiary alicyclic amines) is 1. The van der Waals surface area contributed by atoms with Gasteiger partial charge in [0.25, 0.3) is 5.91 Å². The number of ether oxygens (including phenoxy) is 1. The topological polar surface area (TPSA) is 53.1 Å². The number of para-hydroxylation sites is 1. The Kier molecular flexibility index (Phi) is 8.36. The maximum absolute atomic E-state index is 12.8. The quantitative estimate of drug-likeness (QED) is 0.620. The number of piperazine rings is 1. The van der Waals surface area contributed by atoms with Gasteiger partial charge in [-0.25, -0.2) is 0 Å². The summed E-state index contributed by atoms with van der Waals surface area (Å²) in [6.07, 6.45) is 3.51. The molecule has 0 aromatic heterocycles. The first-order chi connectivity index (χ1) is 16.2. The lowest BCUT2D eigenvalue weighted by molar-refractivity contribution is -0.135. The number of amides is 2. The first-order valence-electron chi connectivity index (χ1n) is 12.2. The third-order valence-electron chi connectivity index (χ3n) is 6.72. The average molecular weight is 450 g/mol. The molecule has 2 fully saturated rings. The Morgan fingerprint density at radius 1 is 0.818 bits per heavy atom. The Balaban J connectivity index is 1.15. The largest absolute Gasteiger partial charge is 0.484 e. The molecule has 2 aromatic rings. The van der Waals surface area contributed by atoms with Crippen molar-refractivity contribution in [3.8, 4) is 5.75 Å². The molecule has 176 valence electrons. The number of carbonyl (C=O) groups excluding carboxylic acids is 2. The highest BCUT2D eigenvalue weighted by molar-refractivity contribution is 5.78. The minimum absolute atomic E-state index is 0.0319. The fourth-order valence-corrected chi connectivity index (χ4v) is 4.76. The molecule has 2 amide bonds. The molecular weight excluding hydrogens is 414 g/mol. The van der Waals surface area contributed by atoms with Crippen molar-refractivity contribution in [3.63, 3.8) is 0 Å². The lowest BCUT2D eigenvalue weighted by Crippen LogP contribution is -2.48. The van der Waals surface area contributed by atoms with Gasteiger partial charge in [0.15, 0.2) is 6.61 Å². The van der Waals surface area contributed by atoms with Gasteiger partial charge in [-0.3, -0.25) is 14.5 Å². The smallest absolute Gasteiger partial charge is 0.260 e. The predicted octanol–water partition coefficient (Wildman–Crippen LogP) is 3.43. The third-order valence-corrected chi connectivity index (χ3v) is 6.72. The molecule has 2 aliphatic rings. The summed E-state index contributed by atoms with van der Waals surface area (Å²) in [5.74, 6) is 1.39. The van der Waals surface area contributed by atoms with E-state index in [0.29, 0.717) is 18.1 Å². The molecule has 2 aliphatic heterocycles. The Morgan fingerprint density at radius 3 is 2.24 bits per heavy atom. The highest BCUT2D eigenvalue weighted by Gasteiger charge is 2.26. The molecule has 4 rings (SSSR count). The number of hydrogen-bond donors (Lipinski definition) is 0. The fraction of sp³-hybridized carbons (Fsp3) is 0.481. The molecule has 0 saturated carbocycles. The number of hydrogen-bond acceptors (Lipinski definition) is 4. The van der Waals surface area contributed by atoms with E-state index >= 15 is 0 Å². The summed E-state index contributed by atoms with van der Waals surface area (Å²) in [7, 11) is 0. The van der Waals surface area contributed by atoms with Crippen molar-refractivity contribution in [1.82, 2.24) is 14.7 Å². The average Bonchev–Trinajstić information content (AvgIpc) is 2.88. The summed E-state index contributed by atoms with van der Waals surface area (Å²) in [4.78, 5) is 31.7. The summed E-state index contributed by atoms with van der Waals surface area (Å²) in [6.45, 7) is 5.99. The third kappa shape index (κ3) is 7.06. The van der Waals surface area contributed by atoms with Crippen LogP contribution in [0, 0.1) is 5.92 Å². The Bertz CT molecular complexity index is 882. The van der Waals surface area contributed by atoms with Crippen molar-refractivity contribution in [2.45, 2.75) is 32.2 Å². The second-order valence-electron chi connectivity index (χ2n) is 9.13. The van der Waals surface area contributed by atoms with Gasteiger partial charge in [0.1, 0.15) is 5.75 Å². The van der Waals surface area contributed by atoms with Crippen molar-refractivity contribution in [1.29, 1.82) is 0 Å². The zero-order valence-corrected chi connectivity index (χ0v) is 19.4. The normalized spacial score (nSPS) is 19.3. The first kappa shape index (κ1) is 23.3. The highest BCUT2D eigenvalue weighted by Crippen LogP contribution is 2.22. The van der Waals surface area contributed by atoms with Crippen molar-refractivity contribution in [2.24, 2.45) is 5.92 Å². The van der Waals surface area contributed by atoms with Gasteiger partial charge >= 0.3 is 0 Å². The van der Waals surface area contributed by atoms with Gasteiger partial charge in [-0.15, -0.1) is 0 Å². The number of carbonyl (C=O) groups is 2. The van der Waals surface area contributed by atoms with Gasteiger partial charge in [-0.05, 0) is 42.9 Å². The van der Waals surface area contributed by atoms with Crippen LogP contribution in [-0.4, -0.2) is 72.4 Å². The van der Waals surface area contributed by atoms with Crippen molar-refractivity contribution < 1.29 is 14.3 Å². The van der Waals surface area contributed by atoms with Crippen LogP contribution in [0.3, 0.4) is 0 Å². The zero-order chi connectivity index (χ0) is 22.9. The Hall–Kier alpha value is -2.86. The first-order valence-corrected chi connectivity index (χ1v) is 12.2. The monoisotopic (exact) mass is 449 g/mol. The summed E-state index contributed by atoms with van der Waals surface area (Å²) in [6, 6.07) is 20.0. The summed E-state index contributed by atoms with van der Waals surface area (Å²) < 4.78 is 5.62. The van der Waals surface area contributed by atoms with E-state index in [9.17, 15) is 9.59 Å². The van der Waals surface area contributed by atoms with E-state index < -0.39 is 0 Å². The lowest BCUT2D eigenvalue weighted by atomic mass is 9.93. The SMILES string of the molecule is O=C(CCC1CCCN(C(=O)COc2ccccc2)C1)N1CCN(Cc2ccccc2)CC1. The van der Waals surface area contributed by atoms with Crippen LogP contribution < -0.4 is 4.74 Å². The van der Waals surface area contributed by atoms with Crippen molar-refractivity contribution >= 4 is 11.8 Å². The molecule has 6 heteroatoms. The van der Waals surface area contributed by atoms with Gasteiger partial charge in [0, 0.05) is 52.2 Å². The molecule has 1 atom stereocenters. The van der Waals surface area contributed by atoms with Crippen LogP contribution >= 0.6 is 0 Å². The molecule has 0 N–H and O–H groups in total. The number of piperidine rings is 1. The van der Waals surface area contributed by atoms with Gasteiger partial charge in [-0.1, -0.05) is 48.5 Å². The molecular formula is C27H35N3O3. The Morgan fingerprint density at radius 2 is 1.52 bits per heavy atom. The van der Waals surface area contributed by atoms with E-state index in [-0.39, 0.29) is 18.4 Å². The maximum Gasteiger partial charge on any atom is 0.260 e. The Labute approximate surface area is 197 Å². The van der Waals surface area contributed by atoms with Gasteiger partial charge in [0.2, 0.25) is 5.91 Å². The predicted molar refractivity (Wildman–Crippen MR) is 129 cm³/mol. The van der Waals surface area contributed by atoms with E-state index in [2.05, 4.69) is 29.2 Å². The van der Waals surface area contributed by atoms with Crippen LogP contribution in [-0.2, 0) is 16.1 Å². The molecule has 6 nitrogen and oxygen atoms in total. The van der Waals surface area contributed by atoms with Crippen LogP contribution in [0.2, 0.25) is 0 Å². The van der Waals surface area contributed by atoms with Gasteiger partial charge < -0.3 is 14.5 Å². The molecule has 0 bridgehead atoms. The number of benzene rings is 2. The lowest BCUT2D eigenvalue weighted by Gasteiger charge is -2.36. The summed E-state index contributed by atoms with van der Waals surface area (Å²) >= 11 is 0. The molecule has 2 aromatic carbocycles. The number of rotatable bonds is 8. The standard InChI is InChI=1S/C27H35N3O3/c31-26(29-18-16-28(17-19-29)20-23-8-3-1-4-9-23)14-13-24-10-7-15-30(21-24)27(32)22-33-25-11-5-2-6-12-25/h1-6,8-9,11-12,24H,7,10,13-22H2. The molecule has 0 spiro atoms. The van der Waals surface area contributed by atoms with Crippen LogP contribution in [0.15, 0.2) is 60.7 Å². The van der Waals surface area contributed by atoms with Crippen LogP contribution in [0.25, 0.3) is 0 Å². The second-order valence-corrected chi connectivity index (χ2v) is 9.13. The molecule has 0 radical (unpaired) electrons. The van der Waals surface area contributed by atoms with Crippen molar-refractivity contribution in [3.05, 3.63) is 66.2 Å².